The second-order valence-electron chi connectivity index (χ2n) is 7.35. The van der Waals surface area contributed by atoms with Gasteiger partial charge >= 0.3 is 0 Å². The molecular weight excluding hydrogens is 316 g/mol. The molecule has 6 nitrogen and oxygen atoms in total. The van der Waals surface area contributed by atoms with Crippen molar-refractivity contribution in [3.8, 4) is 11.4 Å². The molecule has 0 spiro atoms. The molecule has 3 heterocycles. The first-order chi connectivity index (χ1) is 12.2. The summed E-state index contributed by atoms with van der Waals surface area (Å²) in [6.07, 6.45) is 9.15. The van der Waals surface area contributed by atoms with Crippen LogP contribution in [0.25, 0.3) is 11.4 Å². The minimum atomic E-state index is 0.121. The summed E-state index contributed by atoms with van der Waals surface area (Å²) in [5.41, 5.74) is 0.894. The number of likely N-dealkylation sites (tertiary alicyclic amines) is 1. The highest BCUT2D eigenvalue weighted by Gasteiger charge is 2.39. The van der Waals surface area contributed by atoms with Crippen LogP contribution in [0.15, 0.2) is 29.0 Å². The first-order valence-electron chi connectivity index (χ1n) is 9.25. The van der Waals surface area contributed by atoms with Crippen LogP contribution in [-0.4, -0.2) is 39.0 Å². The molecule has 2 atom stereocenters. The van der Waals surface area contributed by atoms with Gasteiger partial charge in [-0.15, -0.1) is 0 Å². The first kappa shape index (κ1) is 16.2. The largest absolute Gasteiger partial charge is 0.341 e. The maximum absolute atomic E-state index is 12.8. The fourth-order valence-corrected chi connectivity index (χ4v) is 4.08. The molecular formula is C19H24N4O2. The maximum Gasteiger partial charge on any atom is 0.232 e. The smallest absolute Gasteiger partial charge is 0.232 e. The summed E-state index contributed by atoms with van der Waals surface area (Å²) < 4.78 is 5.53. The Morgan fingerprint density at radius 2 is 1.92 bits per heavy atom. The van der Waals surface area contributed by atoms with Crippen LogP contribution < -0.4 is 0 Å². The molecule has 2 unspecified atom stereocenters. The molecule has 25 heavy (non-hydrogen) atoms. The third-order valence-electron chi connectivity index (χ3n) is 5.58. The van der Waals surface area contributed by atoms with Gasteiger partial charge in [-0.05, 0) is 30.9 Å². The van der Waals surface area contributed by atoms with Crippen molar-refractivity contribution in [3.63, 3.8) is 0 Å². The molecule has 0 bridgehead atoms. The lowest BCUT2D eigenvalue weighted by Gasteiger charge is -2.26. The normalized spacial score (nSPS) is 24.6. The van der Waals surface area contributed by atoms with E-state index in [1.807, 2.05) is 17.0 Å². The molecule has 2 aromatic rings. The Hall–Kier alpha value is -2.24. The van der Waals surface area contributed by atoms with E-state index >= 15 is 0 Å². The van der Waals surface area contributed by atoms with Crippen LogP contribution in [-0.2, 0) is 4.79 Å². The van der Waals surface area contributed by atoms with Crippen molar-refractivity contribution in [1.82, 2.24) is 20.0 Å². The number of rotatable bonds is 3. The Labute approximate surface area is 147 Å². The monoisotopic (exact) mass is 340 g/mol. The second-order valence-corrected chi connectivity index (χ2v) is 7.35. The highest BCUT2D eigenvalue weighted by molar-refractivity contribution is 5.79. The number of carbonyl (C=O) groups is 1. The number of hydrogen-bond donors (Lipinski definition) is 0. The summed E-state index contributed by atoms with van der Waals surface area (Å²) in [5, 5.41) is 4.11. The number of nitrogens with zero attached hydrogens (tertiary/aromatic N) is 4. The van der Waals surface area contributed by atoms with Crippen LogP contribution in [0.2, 0.25) is 0 Å². The molecule has 1 aliphatic heterocycles. The van der Waals surface area contributed by atoms with E-state index in [0.29, 0.717) is 30.1 Å². The number of hydrogen-bond acceptors (Lipinski definition) is 5. The third kappa shape index (κ3) is 3.30. The van der Waals surface area contributed by atoms with Crippen LogP contribution in [0.1, 0.15) is 50.8 Å². The molecule has 2 fully saturated rings. The maximum atomic E-state index is 12.8. The molecule has 0 radical (unpaired) electrons. The fraction of sp³-hybridized carbons (Fsp3) is 0.579. The molecule has 1 saturated carbocycles. The summed E-state index contributed by atoms with van der Waals surface area (Å²) >= 11 is 0. The number of aromatic nitrogens is 3. The summed E-state index contributed by atoms with van der Waals surface area (Å²) in [7, 11) is 0. The summed E-state index contributed by atoms with van der Waals surface area (Å²) in [6, 6.07) is 3.73. The molecule has 132 valence electrons. The Kier molecular flexibility index (Phi) is 4.51. The Bertz CT molecular complexity index is 724. The lowest BCUT2D eigenvalue weighted by Crippen LogP contribution is -2.35. The molecule has 2 aliphatic rings. The minimum absolute atomic E-state index is 0.121. The van der Waals surface area contributed by atoms with Crippen LogP contribution in [0.3, 0.4) is 0 Å². The van der Waals surface area contributed by atoms with Gasteiger partial charge in [0.2, 0.25) is 17.6 Å². The Morgan fingerprint density at radius 3 is 2.68 bits per heavy atom. The van der Waals surface area contributed by atoms with E-state index in [9.17, 15) is 4.79 Å². The van der Waals surface area contributed by atoms with E-state index in [0.717, 1.165) is 24.9 Å². The van der Waals surface area contributed by atoms with Crippen LogP contribution >= 0.6 is 0 Å². The molecule has 1 aliphatic carbocycles. The quantitative estimate of drug-likeness (QED) is 0.857. The SMILES string of the molecule is CC1CN(C(=O)C2CCCCC2)CC1c1nc(-c2ccncc2)no1. The average Bonchev–Trinajstić information content (AvgIpc) is 3.29. The van der Waals surface area contributed by atoms with Gasteiger partial charge in [-0.3, -0.25) is 9.78 Å². The average molecular weight is 340 g/mol. The number of pyridine rings is 1. The van der Waals surface area contributed by atoms with Crippen molar-refractivity contribution in [1.29, 1.82) is 0 Å². The molecule has 0 aromatic carbocycles. The molecule has 6 heteroatoms. The lowest BCUT2D eigenvalue weighted by atomic mass is 9.88. The highest BCUT2D eigenvalue weighted by atomic mass is 16.5. The van der Waals surface area contributed by atoms with Crippen molar-refractivity contribution < 1.29 is 9.32 Å². The highest BCUT2D eigenvalue weighted by Crippen LogP contribution is 2.35. The van der Waals surface area contributed by atoms with E-state index in [2.05, 4.69) is 22.0 Å². The topological polar surface area (TPSA) is 72.1 Å². The third-order valence-corrected chi connectivity index (χ3v) is 5.58. The van der Waals surface area contributed by atoms with Crippen molar-refractivity contribution in [2.75, 3.05) is 13.1 Å². The van der Waals surface area contributed by atoms with E-state index < -0.39 is 0 Å². The Morgan fingerprint density at radius 1 is 1.16 bits per heavy atom. The summed E-state index contributed by atoms with van der Waals surface area (Å²) in [6.45, 7) is 3.64. The van der Waals surface area contributed by atoms with Gasteiger partial charge in [0, 0.05) is 37.0 Å². The molecule has 1 amide bonds. The molecule has 4 rings (SSSR count). The van der Waals surface area contributed by atoms with E-state index in [1.54, 1.807) is 12.4 Å². The standard InChI is InChI=1S/C19H24N4O2/c1-13-11-23(19(24)15-5-3-2-4-6-15)12-16(13)18-21-17(22-25-18)14-7-9-20-10-8-14/h7-10,13,15-16H,2-6,11-12H2,1H3. The zero-order chi connectivity index (χ0) is 17.2. The second kappa shape index (κ2) is 6.94. The van der Waals surface area contributed by atoms with Gasteiger partial charge in [0.1, 0.15) is 0 Å². The van der Waals surface area contributed by atoms with Crippen LogP contribution in [0.4, 0.5) is 0 Å². The first-order valence-corrected chi connectivity index (χ1v) is 9.25. The summed E-state index contributed by atoms with van der Waals surface area (Å²) in [5.74, 6) is 2.21. The van der Waals surface area contributed by atoms with Gasteiger partial charge in [-0.2, -0.15) is 4.98 Å². The number of amides is 1. The number of carbonyl (C=O) groups excluding carboxylic acids is 1. The van der Waals surface area contributed by atoms with Gasteiger partial charge in [-0.1, -0.05) is 31.3 Å². The zero-order valence-electron chi connectivity index (χ0n) is 14.6. The molecule has 2 aromatic heterocycles. The fourth-order valence-electron chi connectivity index (χ4n) is 4.08. The van der Waals surface area contributed by atoms with E-state index in [-0.39, 0.29) is 11.8 Å². The van der Waals surface area contributed by atoms with E-state index in [4.69, 9.17) is 4.52 Å². The summed E-state index contributed by atoms with van der Waals surface area (Å²) in [4.78, 5) is 23.4. The van der Waals surface area contributed by atoms with Crippen molar-refractivity contribution >= 4 is 5.91 Å². The van der Waals surface area contributed by atoms with Gasteiger partial charge in [0.25, 0.3) is 0 Å². The van der Waals surface area contributed by atoms with Crippen LogP contribution in [0, 0.1) is 11.8 Å². The van der Waals surface area contributed by atoms with Crippen molar-refractivity contribution in [2.45, 2.75) is 44.9 Å². The van der Waals surface area contributed by atoms with Gasteiger partial charge < -0.3 is 9.42 Å². The predicted molar refractivity (Wildman–Crippen MR) is 92.6 cm³/mol. The van der Waals surface area contributed by atoms with Crippen molar-refractivity contribution in [2.24, 2.45) is 11.8 Å². The predicted octanol–water partition coefficient (Wildman–Crippen LogP) is 3.27. The molecule has 0 N–H and O–H groups in total. The van der Waals surface area contributed by atoms with Crippen LogP contribution in [0.5, 0.6) is 0 Å². The van der Waals surface area contributed by atoms with Gasteiger partial charge in [0.15, 0.2) is 0 Å². The van der Waals surface area contributed by atoms with Crippen molar-refractivity contribution in [3.05, 3.63) is 30.4 Å². The van der Waals surface area contributed by atoms with Gasteiger partial charge in [-0.25, -0.2) is 0 Å². The van der Waals surface area contributed by atoms with E-state index in [1.165, 1.54) is 19.3 Å². The zero-order valence-corrected chi connectivity index (χ0v) is 14.6. The van der Waals surface area contributed by atoms with Gasteiger partial charge in [0.05, 0.1) is 5.92 Å². The molecule has 1 saturated heterocycles. The minimum Gasteiger partial charge on any atom is -0.341 e. The Balaban J connectivity index is 1.46. The lowest BCUT2D eigenvalue weighted by molar-refractivity contribution is -0.135.